The highest BCUT2D eigenvalue weighted by Gasteiger charge is 2.14. The van der Waals surface area contributed by atoms with Crippen molar-refractivity contribution in [3.8, 4) is 5.75 Å². The van der Waals surface area contributed by atoms with E-state index in [4.69, 9.17) is 16.3 Å². The summed E-state index contributed by atoms with van der Waals surface area (Å²) in [5.74, 6) is 0.372. The highest BCUT2D eigenvalue weighted by molar-refractivity contribution is 6.32. The Labute approximate surface area is 117 Å². The number of rotatable bonds is 4. The largest absolute Gasteiger partial charge is 0.495 e. The Morgan fingerprint density at radius 2 is 1.89 bits per heavy atom. The third kappa shape index (κ3) is 3.06. The summed E-state index contributed by atoms with van der Waals surface area (Å²) in [6, 6.07) is 11.9. The molecule has 0 amide bonds. The minimum atomic E-state index is -0.252. The Balaban J connectivity index is 2.39. The van der Waals surface area contributed by atoms with Crippen LogP contribution in [0.3, 0.4) is 0 Å². The monoisotopic (exact) mass is 279 g/mol. The van der Waals surface area contributed by atoms with E-state index in [0.29, 0.717) is 10.8 Å². The molecule has 0 saturated carbocycles. The summed E-state index contributed by atoms with van der Waals surface area (Å²) in [5.41, 5.74) is 1.81. The van der Waals surface area contributed by atoms with Gasteiger partial charge in [-0.25, -0.2) is 4.39 Å². The molecule has 2 aromatic rings. The Bertz CT molecular complexity index is 574. The van der Waals surface area contributed by atoms with E-state index < -0.39 is 0 Å². The van der Waals surface area contributed by atoms with Crippen molar-refractivity contribution in [3.05, 3.63) is 64.4 Å². The van der Waals surface area contributed by atoms with E-state index in [2.05, 4.69) is 5.32 Å². The van der Waals surface area contributed by atoms with Crippen LogP contribution in [0.4, 0.5) is 4.39 Å². The molecule has 0 aliphatic carbocycles. The first-order valence-corrected chi connectivity index (χ1v) is 6.29. The molecule has 2 nitrogen and oxygen atoms in total. The Hall–Kier alpha value is -1.58. The molecule has 2 rings (SSSR count). The van der Waals surface area contributed by atoms with Crippen LogP contribution in [0.5, 0.6) is 5.75 Å². The van der Waals surface area contributed by atoms with Gasteiger partial charge in [-0.2, -0.15) is 0 Å². The summed E-state index contributed by atoms with van der Waals surface area (Å²) in [6.07, 6.45) is 0. The predicted octanol–water partition coefficient (Wildman–Crippen LogP) is 3.80. The summed E-state index contributed by atoms with van der Waals surface area (Å²) in [4.78, 5) is 0. The molecule has 1 unspecified atom stereocenters. The molecular weight excluding hydrogens is 265 g/mol. The van der Waals surface area contributed by atoms with Crippen LogP contribution in [0, 0.1) is 5.82 Å². The second-order valence-corrected chi connectivity index (χ2v) is 4.58. The minimum Gasteiger partial charge on any atom is -0.495 e. The number of hydrogen-bond donors (Lipinski definition) is 1. The standard InChI is InChI=1S/C15H15ClFNO/c1-18-15(10-4-3-5-12(17)8-10)11-6-7-14(19-2)13(16)9-11/h3-9,15,18H,1-2H3. The zero-order chi connectivity index (χ0) is 13.8. The molecule has 19 heavy (non-hydrogen) atoms. The molecule has 4 heteroatoms. The van der Waals surface area contributed by atoms with Gasteiger partial charge in [-0.1, -0.05) is 29.8 Å². The molecule has 100 valence electrons. The van der Waals surface area contributed by atoms with Crippen LogP contribution in [-0.2, 0) is 0 Å². The lowest BCUT2D eigenvalue weighted by molar-refractivity contribution is 0.414. The van der Waals surface area contributed by atoms with Crippen LogP contribution in [0.25, 0.3) is 0 Å². The van der Waals surface area contributed by atoms with E-state index in [1.54, 1.807) is 19.2 Å². The van der Waals surface area contributed by atoms with E-state index in [-0.39, 0.29) is 11.9 Å². The summed E-state index contributed by atoms with van der Waals surface area (Å²) >= 11 is 6.12. The normalized spacial score (nSPS) is 12.2. The zero-order valence-corrected chi connectivity index (χ0v) is 11.5. The maximum absolute atomic E-state index is 13.3. The quantitative estimate of drug-likeness (QED) is 0.919. The lowest BCUT2D eigenvalue weighted by Gasteiger charge is -2.18. The van der Waals surface area contributed by atoms with Gasteiger partial charge in [0.1, 0.15) is 11.6 Å². The number of halogens is 2. The Morgan fingerprint density at radius 3 is 2.47 bits per heavy atom. The molecule has 1 N–H and O–H groups in total. The van der Waals surface area contributed by atoms with Crippen LogP contribution in [0.1, 0.15) is 17.2 Å². The highest BCUT2D eigenvalue weighted by atomic mass is 35.5. The number of methoxy groups -OCH3 is 1. The van der Waals surface area contributed by atoms with Gasteiger partial charge in [-0.05, 0) is 42.4 Å². The third-order valence-electron chi connectivity index (χ3n) is 2.98. The third-order valence-corrected chi connectivity index (χ3v) is 3.28. The lowest BCUT2D eigenvalue weighted by atomic mass is 9.98. The number of benzene rings is 2. The van der Waals surface area contributed by atoms with E-state index in [1.165, 1.54) is 12.1 Å². The van der Waals surface area contributed by atoms with Gasteiger partial charge < -0.3 is 10.1 Å². The highest BCUT2D eigenvalue weighted by Crippen LogP contribution is 2.30. The maximum atomic E-state index is 13.3. The van der Waals surface area contributed by atoms with Gasteiger partial charge in [0.05, 0.1) is 18.2 Å². The van der Waals surface area contributed by atoms with Crippen molar-refractivity contribution in [2.75, 3.05) is 14.2 Å². The number of ether oxygens (including phenoxy) is 1. The van der Waals surface area contributed by atoms with E-state index in [1.807, 2.05) is 25.2 Å². The SMILES string of the molecule is CNC(c1cccc(F)c1)c1ccc(OC)c(Cl)c1. The average molecular weight is 280 g/mol. The zero-order valence-electron chi connectivity index (χ0n) is 10.8. The van der Waals surface area contributed by atoms with Crippen molar-refractivity contribution >= 4 is 11.6 Å². The van der Waals surface area contributed by atoms with E-state index in [9.17, 15) is 4.39 Å². The second-order valence-electron chi connectivity index (χ2n) is 4.17. The van der Waals surface area contributed by atoms with Gasteiger partial charge in [0.25, 0.3) is 0 Å². The molecule has 0 radical (unpaired) electrons. The first-order valence-electron chi connectivity index (χ1n) is 5.92. The maximum Gasteiger partial charge on any atom is 0.137 e. The minimum absolute atomic E-state index is 0.112. The summed E-state index contributed by atoms with van der Waals surface area (Å²) in [6.45, 7) is 0. The molecule has 0 spiro atoms. The van der Waals surface area contributed by atoms with Crippen LogP contribution in [0.2, 0.25) is 5.02 Å². The molecule has 0 aromatic heterocycles. The predicted molar refractivity (Wildman–Crippen MR) is 75.3 cm³/mol. The molecule has 0 aliphatic rings. The number of nitrogens with one attached hydrogen (secondary N) is 1. The lowest BCUT2D eigenvalue weighted by Crippen LogP contribution is -2.17. The van der Waals surface area contributed by atoms with E-state index in [0.717, 1.165) is 11.1 Å². The summed E-state index contributed by atoms with van der Waals surface area (Å²) in [7, 11) is 3.40. The molecule has 0 fully saturated rings. The van der Waals surface area contributed by atoms with E-state index >= 15 is 0 Å². The molecule has 0 heterocycles. The fourth-order valence-corrected chi connectivity index (χ4v) is 2.34. The van der Waals surface area contributed by atoms with Gasteiger partial charge in [-0.3, -0.25) is 0 Å². The van der Waals surface area contributed by atoms with Gasteiger partial charge >= 0.3 is 0 Å². The van der Waals surface area contributed by atoms with Crippen molar-refractivity contribution in [2.24, 2.45) is 0 Å². The van der Waals surface area contributed by atoms with Gasteiger partial charge in [0.15, 0.2) is 0 Å². The average Bonchev–Trinajstić information content (AvgIpc) is 2.40. The molecule has 0 saturated heterocycles. The molecule has 0 bridgehead atoms. The Morgan fingerprint density at radius 1 is 1.16 bits per heavy atom. The first kappa shape index (κ1) is 13.8. The van der Waals surface area contributed by atoms with Crippen molar-refractivity contribution < 1.29 is 9.13 Å². The van der Waals surface area contributed by atoms with Crippen LogP contribution < -0.4 is 10.1 Å². The molecule has 1 atom stereocenters. The van der Waals surface area contributed by atoms with Crippen molar-refractivity contribution in [1.29, 1.82) is 0 Å². The van der Waals surface area contributed by atoms with Crippen LogP contribution in [-0.4, -0.2) is 14.2 Å². The second kappa shape index (κ2) is 6.04. The smallest absolute Gasteiger partial charge is 0.137 e. The van der Waals surface area contributed by atoms with Crippen molar-refractivity contribution in [3.63, 3.8) is 0 Å². The van der Waals surface area contributed by atoms with Crippen LogP contribution in [0.15, 0.2) is 42.5 Å². The van der Waals surface area contributed by atoms with Gasteiger partial charge in [-0.15, -0.1) is 0 Å². The molecular formula is C15H15ClFNO. The van der Waals surface area contributed by atoms with Crippen molar-refractivity contribution in [2.45, 2.75) is 6.04 Å². The van der Waals surface area contributed by atoms with Gasteiger partial charge in [0.2, 0.25) is 0 Å². The molecule has 0 aliphatic heterocycles. The number of hydrogen-bond acceptors (Lipinski definition) is 2. The fourth-order valence-electron chi connectivity index (χ4n) is 2.07. The molecule has 2 aromatic carbocycles. The van der Waals surface area contributed by atoms with Crippen LogP contribution >= 0.6 is 11.6 Å². The Kier molecular flexibility index (Phi) is 4.40. The topological polar surface area (TPSA) is 21.3 Å². The fraction of sp³-hybridized carbons (Fsp3) is 0.200. The van der Waals surface area contributed by atoms with Crippen molar-refractivity contribution in [1.82, 2.24) is 5.32 Å². The first-order chi connectivity index (χ1) is 9.15. The summed E-state index contributed by atoms with van der Waals surface area (Å²) < 4.78 is 18.4. The van der Waals surface area contributed by atoms with Gasteiger partial charge in [0, 0.05) is 0 Å². The summed E-state index contributed by atoms with van der Waals surface area (Å²) in [5, 5.41) is 3.70.